The first-order valence-electron chi connectivity index (χ1n) is 7.82. The van der Waals surface area contributed by atoms with Crippen LogP contribution >= 0.6 is 0 Å². The second-order valence-electron chi connectivity index (χ2n) is 5.47. The number of carboxylic acids is 1. The van der Waals surface area contributed by atoms with E-state index in [1.165, 1.54) is 0 Å². The Morgan fingerprint density at radius 2 is 2.15 bits per heavy atom. The van der Waals surface area contributed by atoms with Gasteiger partial charge in [-0.25, -0.2) is 0 Å². The van der Waals surface area contributed by atoms with Gasteiger partial charge in [0, 0.05) is 13.0 Å². The van der Waals surface area contributed by atoms with Crippen molar-refractivity contribution in [2.75, 3.05) is 26.4 Å². The lowest BCUT2D eigenvalue weighted by atomic mass is 9.80. The van der Waals surface area contributed by atoms with E-state index in [1.807, 2.05) is 6.92 Å². The monoisotopic (exact) mass is 287 g/mol. The average Bonchev–Trinajstić information content (AvgIpc) is 2.43. The van der Waals surface area contributed by atoms with Crippen LogP contribution in [-0.2, 0) is 14.3 Å². The maximum absolute atomic E-state index is 11.5. The molecule has 5 heteroatoms. The quantitative estimate of drug-likeness (QED) is 0.603. The third-order valence-corrected chi connectivity index (χ3v) is 3.85. The van der Waals surface area contributed by atoms with Crippen LogP contribution < -0.4 is 5.32 Å². The van der Waals surface area contributed by atoms with Gasteiger partial charge >= 0.3 is 5.97 Å². The van der Waals surface area contributed by atoms with Crippen LogP contribution in [0.2, 0.25) is 0 Å². The summed E-state index contributed by atoms with van der Waals surface area (Å²) in [7, 11) is 0. The Bertz CT molecular complexity index is 281. The Morgan fingerprint density at radius 3 is 2.80 bits per heavy atom. The number of nitrogens with one attached hydrogen (secondary N) is 1. The molecule has 20 heavy (non-hydrogen) atoms. The lowest BCUT2D eigenvalue weighted by Gasteiger charge is -2.38. The minimum Gasteiger partial charge on any atom is -0.480 e. The summed E-state index contributed by atoms with van der Waals surface area (Å²) in [5.74, 6) is -0.758. The summed E-state index contributed by atoms with van der Waals surface area (Å²) in [5.41, 5.74) is -0.805. The molecule has 0 saturated heterocycles. The summed E-state index contributed by atoms with van der Waals surface area (Å²) < 4.78 is 11.2. The fraction of sp³-hybridized carbons (Fsp3) is 0.933. The van der Waals surface area contributed by atoms with E-state index in [-0.39, 0.29) is 6.10 Å². The minimum atomic E-state index is -0.805. The zero-order valence-corrected chi connectivity index (χ0v) is 12.8. The van der Waals surface area contributed by atoms with Gasteiger partial charge in [0.05, 0.1) is 19.3 Å². The molecule has 2 unspecified atom stereocenters. The third kappa shape index (κ3) is 5.38. The highest BCUT2D eigenvalue weighted by Gasteiger charge is 2.42. The summed E-state index contributed by atoms with van der Waals surface area (Å²) in [6, 6.07) is 0. The Balaban J connectivity index is 2.31. The van der Waals surface area contributed by atoms with Crippen molar-refractivity contribution >= 4 is 5.97 Å². The van der Waals surface area contributed by atoms with Crippen molar-refractivity contribution in [3.8, 4) is 0 Å². The van der Waals surface area contributed by atoms with E-state index >= 15 is 0 Å². The predicted molar refractivity (Wildman–Crippen MR) is 78.0 cm³/mol. The van der Waals surface area contributed by atoms with E-state index in [0.717, 1.165) is 32.3 Å². The molecule has 0 aromatic heterocycles. The molecule has 0 radical (unpaired) electrons. The Morgan fingerprint density at radius 1 is 1.35 bits per heavy atom. The Hall–Kier alpha value is -0.650. The lowest BCUT2D eigenvalue weighted by molar-refractivity contribution is -0.149. The van der Waals surface area contributed by atoms with Crippen LogP contribution in [-0.4, -0.2) is 49.1 Å². The van der Waals surface area contributed by atoms with Crippen LogP contribution in [0.4, 0.5) is 0 Å². The molecule has 0 aliphatic heterocycles. The molecule has 0 amide bonds. The summed E-state index contributed by atoms with van der Waals surface area (Å²) >= 11 is 0. The van der Waals surface area contributed by atoms with E-state index in [0.29, 0.717) is 32.6 Å². The molecular formula is C15H29NO4. The first kappa shape index (κ1) is 17.4. The Labute approximate surface area is 122 Å². The van der Waals surface area contributed by atoms with Crippen molar-refractivity contribution in [1.82, 2.24) is 5.32 Å². The van der Waals surface area contributed by atoms with Gasteiger partial charge in [0.2, 0.25) is 0 Å². The van der Waals surface area contributed by atoms with Crippen LogP contribution in [0.25, 0.3) is 0 Å². The number of carboxylic acid groups (broad SMARTS) is 1. The second-order valence-corrected chi connectivity index (χ2v) is 5.47. The van der Waals surface area contributed by atoms with Gasteiger partial charge in [0.25, 0.3) is 0 Å². The second kappa shape index (κ2) is 9.32. The van der Waals surface area contributed by atoms with E-state index in [1.54, 1.807) is 0 Å². The van der Waals surface area contributed by atoms with Crippen LogP contribution in [0, 0.1) is 0 Å². The maximum Gasteiger partial charge on any atom is 0.323 e. The van der Waals surface area contributed by atoms with Crippen molar-refractivity contribution < 1.29 is 19.4 Å². The molecule has 0 spiro atoms. The van der Waals surface area contributed by atoms with Crippen LogP contribution in [0.3, 0.4) is 0 Å². The van der Waals surface area contributed by atoms with Crippen LogP contribution in [0.5, 0.6) is 0 Å². The van der Waals surface area contributed by atoms with Gasteiger partial charge in [-0.05, 0) is 32.2 Å². The first-order valence-corrected chi connectivity index (χ1v) is 7.82. The Kier molecular flexibility index (Phi) is 8.11. The zero-order chi connectivity index (χ0) is 14.8. The fourth-order valence-electron chi connectivity index (χ4n) is 2.76. The molecule has 0 heterocycles. The maximum atomic E-state index is 11.5. The molecule has 1 aliphatic rings. The summed E-state index contributed by atoms with van der Waals surface area (Å²) in [6.45, 7) is 6.67. The number of hydrogen-bond donors (Lipinski definition) is 2. The molecular weight excluding hydrogens is 258 g/mol. The number of ether oxygens (including phenoxy) is 2. The van der Waals surface area contributed by atoms with E-state index in [2.05, 4.69) is 12.2 Å². The lowest BCUT2D eigenvalue weighted by Crippen LogP contribution is -2.56. The predicted octanol–water partition coefficient (Wildman–Crippen LogP) is 2.20. The molecule has 1 rings (SSSR count). The standard InChI is InChI=1S/C15H29NO4/c1-3-5-9-19-10-11-20-13-7-6-8-15(12-13,14(17)18)16-4-2/h13,16H,3-12H2,1-2H3,(H,17,18). The van der Waals surface area contributed by atoms with Gasteiger partial charge in [0.15, 0.2) is 0 Å². The van der Waals surface area contributed by atoms with Gasteiger partial charge in [-0.15, -0.1) is 0 Å². The number of rotatable bonds is 10. The van der Waals surface area contributed by atoms with Crippen LogP contribution in [0.15, 0.2) is 0 Å². The largest absolute Gasteiger partial charge is 0.480 e. The minimum absolute atomic E-state index is 0.0219. The van der Waals surface area contributed by atoms with E-state index < -0.39 is 11.5 Å². The van der Waals surface area contributed by atoms with E-state index in [4.69, 9.17) is 9.47 Å². The molecule has 5 nitrogen and oxygen atoms in total. The van der Waals surface area contributed by atoms with Gasteiger partial charge < -0.3 is 19.9 Å². The molecule has 0 aromatic rings. The third-order valence-electron chi connectivity index (χ3n) is 3.85. The summed E-state index contributed by atoms with van der Waals surface area (Å²) in [5, 5.41) is 12.6. The smallest absolute Gasteiger partial charge is 0.323 e. The normalized spacial score (nSPS) is 26.6. The number of unbranched alkanes of at least 4 members (excludes halogenated alkanes) is 1. The van der Waals surface area contributed by atoms with Crippen molar-refractivity contribution in [2.24, 2.45) is 0 Å². The highest BCUT2D eigenvalue weighted by atomic mass is 16.5. The number of aliphatic carboxylic acids is 1. The fourth-order valence-corrected chi connectivity index (χ4v) is 2.76. The first-order chi connectivity index (χ1) is 9.64. The van der Waals surface area contributed by atoms with Crippen molar-refractivity contribution in [1.29, 1.82) is 0 Å². The van der Waals surface area contributed by atoms with Gasteiger partial charge in [0.1, 0.15) is 5.54 Å². The molecule has 2 N–H and O–H groups in total. The zero-order valence-electron chi connectivity index (χ0n) is 12.8. The SMILES string of the molecule is CCCCOCCOC1CCCC(NCC)(C(=O)O)C1. The molecule has 0 aromatic carbocycles. The molecule has 118 valence electrons. The molecule has 2 atom stereocenters. The highest BCUT2D eigenvalue weighted by Crippen LogP contribution is 2.30. The number of carbonyl (C=O) groups is 1. The van der Waals surface area contributed by atoms with Gasteiger partial charge in [-0.1, -0.05) is 20.3 Å². The van der Waals surface area contributed by atoms with Gasteiger partial charge in [-0.2, -0.15) is 0 Å². The summed E-state index contributed by atoms with van der Waals surface area (Å²) in [6.07, 6.45) is 5.29. The molecule has 1 fully saturated rings. The van der Waals surface area contributed by atoms with Crippen molar-refractivity contribution in [3.63, 3.8) is 0 Å². The molecule has 1 saturated carbocycles. The number of likely N-dealkylation sites (N-methyl/N-ethyl adjacent to an activating group) is 1. The van der Waals surface area contributed by atoms with Crippen LogP contribution in [0.1, 0.15) is 52.4 Å². The molecule has 0 bridgehead atoms. The van der Waals surface area contributed by atoms with E-state index in [9.17, 15) is 9.90 Å². The van der Waals surface area contributed by atoms with Crippen molar-refractivity contribution in [2.45, 2.75) is 64.0 Å². The average molecular weight is 287 g/mol. The van der Waals surface area contributed by atoms with Gasteiger partial charge in [-0.3, -0.25) is 4.79 Å². The van der Waals surface area contributed by atoms with Crippen molar-refractivity contribution in [3.05, 3.63) is 0 Å². The summed E-state index contributed by atoms with van der Waals surface area (Å²) in [4.78, 5) is 11.5. The number of hydrogen-bond acceptors (Lipinski definition) is 4. The topological polar surface area (TPSA) is 67.8 Å². The highest BCUT2D eigenvalue weighted by molar-refractivity contribution is 5.79. The molecule has 1 aliphatic carbocycles.